The van der Waals surface area contributed by atoms with E-state index in [-0.39, 0.29) is 5.91 Å². The maximum absolute atomic E-state index is 13.6. The van der Waals surface area contributed by atoms with Crippen LogP contribution in [0.5, 0.6) is 0 Å². The number of hydrogen-bond donors (Lipinski definition) is 1. The molecule has 164 valence electrons. The molecule has 5 rings (SSSR count). The summed E-state index contributed by atoms with van der Waals surface area (Å²) in [5.41, 5.74) is 1.95. The SMILES string of the molecule is O=C1N(C2CCCCC2)CCC12C[C@@H](O)CN2Cc1ccc(N2CCOCC2)cc1. The molecule has 4 aliphatic rings. The fourth-order valence-corrected chi connectivity index (χ4v) is 6.09. The van der Waals surface area contributed by atoms with Crippen molar-refractivity contribution in [3.63, 3.8) is 0 Å². The number of anilines is 1. The van der Waals surface area contributed by atoms with E-state index in [4.69, 9.17) is 4.74 Å². The predicted octanol–water partition coefficient (Wildman–Crippen LogP) is 2.39. The molecule has 1 saturated carbocycles. The Morgan fingerprint density at radius 1 is 1.03 bits per heavy atom. The van der Waals surface area contributed by atoms with E-state index < -0.39 is 11.6 Å². The molecule has 0 bridgehead atoms. The van der Waals surface area contributed by atoms with Gasteiger partial charge in [-0.05, 0) is 37.0 Å². The lowest BCUT2D eigenvalue weighted by atomic mass is 9.91. The highest BCUT2D eigenvalue weighted by atomic mass is 16.5. The molecular formula is C24H35N3O3. The highest BCUT2D eigenvalue weighted by molar-refractivity contribution is 5.89. The maximum atomic E-state index is 13.6. The number of aliphatic hydroxyl groups is 1. The summed E-state index contributed by atoms with van der Waals surface area (Å²) in [5, 5.41) is 10.5. The van der Waals surface area contributed by atoms with Gasteiger partial charge in [-0.3, -0.25) is 9.69 Å². The van der Waals surface area contributed by atoms with Crippen molar-refractivity contribution in [1.29, 1.82) is 0 Å². The van der Waals surface area contributed by atoms with Gasteiger partial charge in [0.25, 0.3) is 0 Å². The molecule has 1 aromatic rings. The maximum Gasteiger partial charge on any atom is 0.243 e. The molecule has 30 heavy (non-hydrogen) atoms. The van der Waals surface area contributed by atoms with Crippen LogP contribution in [0.3, 0.4) is 0 Å². The number of rotatable bonds is 4. The average Bonchev–Trinajstić information content (AvgIpc) is 3.29. The standard InChI is InChI=1S/C24H35N3O3/c28-22-16-24(10-11-27(23(24)29)21-4-2-1-3-5-21)26(18-22)17-19-6-8-20(9-7-19)25-12-14-30-15-13-25/h6-9,21-22,28H,1-5,10-18H2/t22-,24?/m1/s1. The van der Waals surface area contributed by atoms with E-state index in [1.807, 2.05) is 0 Å². The Morgan fingerprint density at radius 3 is 2.50 bits per heavy atom. The molecule has 1 unspecified atom stereocenters. The molecule has 1 aliphatic carbocycles. The van der Waals surface area contributed by atoms with Crippen LogP contribution in [0, 0.1) is 0 Å². The lowest BCUT2D eigenvalue weighted by Crippen LogP contribution is -2.51. The predicted molar refractivity (Wildman–Crippen MR) is 116 cm³/mol. The van der Waals surface area contributed by atoms with Gasteiger partial charge in [-0.15, -0.1) is 0 Å². The van der Waals surface area contributed by atoms with Crippen LogP contribution in [-0.2, 0) is 16.1 Å². The van der Waals surface area contributed by atoms with E-state index in [1.54, 1.807) is 0 Å². The molecule has 3 aliphatic heterocycles. The highest BCUT2D eigenvalue weighted by Gasteiger charge is 2.56. The largest absolute Gasteiger partial charge is 0.392 e. The minimum Gasteiger partial charge on any atom is -0.392 e. The van der Waals surface area contributed by atoms with E-state index >= 15 is 0 Å². The summed E-state index contributed by atoms with van der Waals surface area (Å²) < 4.78 is 5.45. The van der Waals surface area contributed by atoms with Crippen molar-refractivity contribution >= 4 is 11.6 Å². The van der Waals surface area contributed by atoms with Gasteiger partial charge in [-0.1, -0.05) is 31.4 Å². The summed E-state index contributed by atoms with van der Waals surface area (Å²) in [5.74, 6) is 0.274. The quantitative estimate of drug-likeness (QED) is 0.822. The lowest BCUT2D eigenvalue weighted by molar-refractivity contribution is -0.139. The molecule has 6 heteroatoms. The van der Waals surface area contributed by atoms with Crippen LogP contribution in [0.15, 0.2) is 24.3 Å². The number of aliphatic hydroxyl groups excluding tert-OH is 1. The number of ether oxygens (including phenoxy) is 1. The molecule has 1 N–H and O–H groups in total. The summed E-state index contributed by atoms with van der Waals surface area (Å²) in [7, 11) is 0. The Morgan fingerprint density at radius 2 is 1.77 bits per heavy atom. The molecule has 4 fully saturated rings. The molecule has 0 radical (unpaired) electrons. The first kappa shape index (κ1) is 20.3. The molecular weight excluding hydrogens is 378 g/mol. The normalized spacial score (nSPS) is 31.2. The summed E-state index contributed by atoms with van der Waals surface area (Å²) in [6.07, 6.45) is 7.10. The Bertz CT molecular complexity index is 743. The Kier molecular flexibility index (Phi) is 5.73. The van der Waals surface area contributed by atoms with E-state index in [0.717, 1.165) is 58.7 Å². The van der Waals surface area contributed by atoms with Gasteiger partial charge in [-0.25, -0.2) is 0 Å². The van der Waals surface area contributed by atoms with E-state index in [1.165, 1.54) is 30.5 Å². The van der Waals surface area contributed by atoms with Crippen molar-refractivity contribution in [2.75, 3.05) is 44.3 Å². The first-order valence-electron chi connectivity index (χ1n) is 11.8. The van der Waals surface area contributed by atoms with E-state index in [2.05, 4.69) is 39.0 Å². The zero-order chi connectivity index (χ0) is 20.6. The molecule has 2 atom stereocenters. The minimum atomic E-state index is -0.500. The second kappa shape index (κ2) is 8.48. The fraction of sp³-hybridized carbons (Fsp3) is 0.708. The van der Waals surface area contributed by atoms with Crippen LogP contribution in [-0.4, -0.2) is 77.9 Å². The summed E-state index contributed by atoms with van der Waals surface area (Å²) in [6.45, 7) is 5.62. The van der Waals surface area contributed by atoms with Crippen LogP contribution < -0.4 is 4.90 Å². The van der Waals surface area contributed by atoms with Crippen molar-refractivity contribution in [3.05, 3.63) is 29.8 Å². The van der Waals surface area contributed by atoms with Crippen LogP contribution >= 0.6 is 0 Å². The van der Waals surface area contributed by atoms with Gasteiger partial charge in [0, 0.05) is 50.9 Å². The molecule has 3 saturated heterocycles. The van der Waals surface area contributed by atoms with Gasteiger partial charge in [0.15, 0.2) is 0 Å². The number of likely N-dealkylation sites (tertiary alicyclic amines) is 2. The number of hydrogen-bond acceptors (Lipinski definition) is 5. The van der Waals surface area contributed by atoms with Crippen molar-refractivity contribution in [3.8, 4) is 0 Å². The number of benzene rings is 1. The van der Waals surface area contributed by atoms with Crippen LogP contribution in [0.4, 0.5) is 5.69 Å². The van der Waals surface area contributed by atoms with Crippen LogP contribution in [0.2, 0.25) is 0 Å². The van der Waals surface area contributed by atoms with Gasteiger partial charge in [-0.2, -0.15) is 0 Å². The molecule has 0 aromatic heterocycles. The number of β-amino-alcohol motifs (C(OH)–C–C–N with tert-alkyl or cyclic N) is 1. The average molecular weight is 414 g/mol. The molecule has 1 aromatic carbocycles. The Hall–Kier alpha value is -1.63. The van der Waals surface area contributed by atoms with Crippen molar-refractivity contribution in [1.82, 2.24) is 9.80 Å². The van der Waals surface area contributed by atoms with Gasteiger partial charge in [0.2, 0.25) is 5.91 Å². The third-order valence-corrected chi connectivity index (χ3v) is 7.74. The monoisotopic (exact) mass is 413 g/mol. The Labute approximate surface area is 179 Å². The van der Waals surface area contributed by atoms with E-state index in [0.29, 0.717) is 19.0 Å². The molecule has 6 nitrogen and oxygen atoms in total. The first-order chi connectivity index (χ1) is 14.7. The summed E-state index contributed by atoms with van der Waals surface area (Å²) in [4.78, 5) is 20.4. The van der Waals surface area contributed by atoms with Crippen molar-refractivity contribution in [2.45, 2.75) is 69.2 Å². The molecule has 3 heterocycles. The third-order valence-electron chi connectivity index (χ3n) is 7.74. The minimum absolute atomic E-state index is 0.274. The number of nitrogens with zero attached hydrogens (tertiary/aromatic N) is 3. The zero-order valence-corrected chi connectivity index (χ0v) is 18.0. The number of carbonyl (C=O) groups excluding carboxylic acids is 1. The second-order valence-corrected chi connectivity index (χ2v) is 9.58. The Balaban J connectivity index is 1.29. The van der Waals surface area contributed by atoms with Crippen molar-refractivity contribution in [2.24, 2.45) is 0 Å². The summed E-state index contributed by atoms with van der Waals surface area (Å²) >= 11 is 0. The smallest absolute Gasteiger partial charge is 0.243 e. The van der Waals surface area contributed by atoms with Gasteiger partial charge in [0.05, 0.1) is 19.3 Å². The molecule has 1 spiro atoms. The number of amides is 1. The highest BCUT2D eigenvalue weighted by Crippen LogP contribution is 2.42. The molecule has 1 amide bonds. The van der Waals surface area contributed by atoms with Gasteiger partial charge >= 0.3 is 0 Å². The third kappa shape index (κ3) is 3.74. The fourth-order valence-electron chi connectivity index (χ4n) is 6.09. The van der Waals surface area contributed by atoms with E-state index in [9.17, 15) is 9.90 Å². The van der Waals surface area contributed by atoms with Crippen molar-refractivity contribution < 1.29 is 14.6 Å². The number of carbonyl (C=O) groups is 1. The summed E-state index contributed by atoms with van der Waals surface area (Å²) in [6, 6.07) is 9.15. The second-order valence-electron chi connectivity index (χ2n) is 9.58. The lowest BCUT2D eigenvalue weighted by Gasteiger charge is -2.36. The van der Waals surface area contributed by atoms with Gasteiger partial charge in [0.1, 0.15) is 5.54 Å². The first-order valence-corrected chi connectivity index (χ1v) is 11.8. The zero-order valence-electron chi connectivity index (χ0n) is 18.0. The number of morpholine rings is 1. The van der Waals surface area contributed by atoms with Gasteiger partial charge < -0.3 is 19.6 Å². The van der Waals surface area contributed by atoms with Crippen LogP contribution in [0.25, 0.3) is 0 Å². The topological polar surface area (TPSA) is 56.3 Å². The van der Waals surface area contributed by atoms with Crippen LogP contribution in [0.1, 0.15) is 50.5 Å².